The molecule has 0 aromatic heterocycles. The van der Waals surface area contributed by atoms with Gasteiger partial charge in [0.25, 0.3) is 0 Å². The Hall–Kier alpha value is 0.820. The van der Waals surface area contributed by atoms with Gasteiger partial charge in [-0.3, -0.25) is 4.86 Å². The van der Waals surface area contributed by atoms with Crippen LogP contribution in [0.5, 0.6) is 0 Å². The van der Waals surface area contributed by atoms with E-state index in [2.05, 4.69) is 4.86 Å². The number of nitrogens with one attached hydrogen (secondary N) is 1. The van der Waals surface area contributed by atoms with Crippen LogP contribution in [0, 0.1) is 0 Å². The minimum absolute atomic E-state index is 1.06. The summed E-state index contributed by atoms with van der Waals surface area (Å²) in [4.78, 5) is 3.34. The van der Waals surface area contributed by atoms with Gasteiger partial charge in [-0.05, 0) is 18.7 Å². The molecule has 6 heavy (non-hydrogen) atoms. The van der Waals surface area contributed by atoms with Crippen molar-refractivity contribution in [3.8, 4) is 0 Å². The molecule has 0 aliphatic carbocycles. The normalized spacial score (nSPS) is 32.0. The zero-order chi connectivity index (χ0) is 4.24. The van der Waals surface area contributed by atoms with Gasteiger partial charge in [-0.2, -0.15) is 0 Å². The Labute approximate surface area is 42.0 Å². The smallest absolute Gasteiger partial charge is 0.0216 e. The van der Waals surface area contributed by atoms with Gasteiger partial charge in [0.1, 0.15) is 0 Å². The predicted octanol–water partition coefficient (Wildman–Crippen LogP) is 1.17. The second kappa shape index (κ2) is 2.91. The van der Waals surface area contributed by atoms with Crippen molar-refractivity contribution in [2.75, 3.05) is 12.3 Å². The van der Waals surface area contributed by atoms with Crippen LogP contribution in [0.25, 0.3) is 0 Å². The molecule has 0 spiro atoms. The molecule has 1 rings (SSSR count). The first kappa shape index (κ1) is 4.97. The summed E-state index contributed by atoms with van der Waals surface area (Å²) in [7, 11) is 2.13. The van der Waals surface area contributed by atoms with E-state index in [1.165, 1.54) is 18.7 Å². The van der Waals surface area contributed by atoms with E-state index in [0.717, 1.165) is 17.5 Å². The first-order valence-electron chi connectivity index (χ1n) is 2.21. The first-order chi connectivity index (χ1) is 3.00. The fourth-order valence-corrected chi connectivity index (χ4v) is 3.01. The van der Waals surface area contributed by atoms with Gasteiger partial charge in [0, 0.05) is 0 Å². The van der Waals surface area contributed by atoms with Gasteiger partial charge in [-0.25, -0.2) is 0 Å². The molecule has 1 aliphatic rings. The number of rotatable bonds is 0. The van der Waals surface area contributed by atoms with Crippen molar-refractivity contribution < 1.29 is 0 Å². The van der Waals surface area contributed by atoms with E-state index in [0.29, 0.717) is 0 Å². The lowest BCUT2D eigenvalue weighted by Crippen LogP contribution is -1.96. The maximum Gasteiger partial charge on any atom is -0.0216 e. The van der Waals surface area contributed by atoms with Crippen LogP contribution < -0.4 is 4.86 Å². The molecule has 0 saturated carbocycles. The Morgan fingerprint density at radius 3 is 2.00 bits per heavy atom. The van der Waals surface area contributed by atoms with Gasteiger partial charge < -0.3 is 0 Å². The fourth-order valence-electron chi connectivity index (χ4n) is 0.453. The summed E-state index contributed by atoms with van der Waals surface area (Å²) in [6.45, 7) is 0. The third-order valence-electron chi connectivity index (χ3n) is 0.780. The lowest BCUT2D eigenvalue weighted by molar-refractivity contribution is 1.09. The highest BCUT2D eigenvalue weighted by Crippen LogP contribution is 2.23. The third-order valence-corrected chi connectivity index (χ3v) is 3.40. The molecule has 1 nitrogen and oxygen atoms in total. The third kappa shape index (κ3) is 1.51. The van der Waals surface area contributed by atoms with Gasteiger partial charge in [-0.15, -0.1) is 0 Å². The molecule has 1 heterocycles. The Morgan fingerprint density at radius 2 is 1.83 bits per heavy atom. The van der Waals surface area contributed by atoms with Gasteiger partial charge in [-0.1, -0.05) is 17.5 Å². The van der Waals surface area contributed by atoms with Gasteiger partial charge >= 0.3 is 0 Å². The first-order valence-corrected chi connectivity index (χ1v) is 4.62. The molecule has 1 saturated heterocycles. The lowest BCUT2D eigenvalue weighted by Gasteiger charge is -2.08. The standard InChI is InChI=1S/C3H9NP2/c1-2-5-4-6-3-1/h4-6H,1-3H2. The monoisotopic (exact) mass is 121 g/mol. The van der Waals surface area contributed by atoms with Crippen LogP contribution in [-0.2, 0) is 0 Å². The fraction of sp³-hybridized carbons (Fsp3) is 1.00. The summed E-state index contributed by atoms with van der Waals surface area (Å²) in [5.41, 5.74) is 0. The second-order valence-corrected chi connectivity index (χ2v) is 4.04. The molecule has 0 aromatic carbocycles. The summed E-state index contributed by atoms with van der Waals surface area (Å²) in [5.74, 6) is 0. The predicted molar refractivity (Wildman–Crippen MR) is 34.1 cm³/mol. The van der Waals surface area contributed by atoms with Crippen molar-refractivity contribution in [3.63, 3.8) is 0 Å². The van der Waals surface area contributed by atoms with Crippen LogP contribution in [0.1, 0.15) is 6.42 Å². The van der Waals surface area contributed by atoms with Gasteiger partial charge in [0.05, 0.1) is 0 Å². The Balaban J connectivity index is 2.00. The Kier molecular flexibility index (Phi) is 2.41. The highest BCUT2D eigenvalue weighted by atomic mass is 31.1. The molecule has 0 radical (unpaired) electrons. The van der Waals surface area contributed by atoms with E-state index in [1.54, 1.807) is 0 Å². The molecule has 0 aromatic rings. The summed E-state index contributed by atoms with van der Waals surface area (Å²) >= 11 is 0. The number of hydrogen-bond acceptors (Lipinski definition) is 1. The quantitative estimate of drug-likeness (QED) is 0.474. The maximum absolute atomic E-state index is 3.34. The van der Waals surface area contributed by atoms with Crippen LogP contribution in [0.2, 0.25) is 0 Å². The average molecular weight is 121 g/mol. The van der Waals surface area contributed by atoms with Crippen LogP contribution in [0.3, 0.4) is 0 Å². The van der Waals surface area contributed by atoms with Crippen LogP contribution >= 0.6 is 17.5 Å². The highest BCUT2D eigenvalue weighted by Gasteiger charge is 1.93. The summed E-state index contributed by atoms with van der Waals surface area (Å²) < 4.78 is 0. The van der Waals surface area contributed by atoms with E-state index in [9.17, 15) is 0 Å². The van der Waals surface area contributed by atoms with Crippen molar-refractivity contribution in [1.82, 2.24) is 4.86 Å². The van der Waals surface area contributed by atoms with Crippen LogP contribution in [-0.4, -0.2) is 12.3 Å². The molecule has 0 bridgehead atoms. The van der Waals surface area contributed by atoms with E-state index in [1.807, 2.05) is 0 Å². The van der Waals surface area contributed by atoms with Crippen molar-refractivity contribution in [2.45, 2.75) is 6.42 Å². The van der Waals surface area contributed by atoms with Crippen molar-refractivity contribution in [3.05, 3.63) is 0 Å². The molecule has 3 heteroatoms. The van der Waals surface area contributed by atoms with E-state index in [-0.39, 0.29) is 0 Å². The topological polar surface area (TPSA) is 12.0 Å². The number of hydrogen-bond donors (Lipinski definition) is 1. The van der Waals surface area contributed by atoms with Crippen molar-refractivity contribution in [1.29, 1.82) is 0 Å². The van der Waals surface area contributed by atoms with E-state index in [4.69, 9.17) is 0 Å². The minimum atomic E-state index is 1.06. The minimum Gasteiger partial charge on any atom is -0.279 e. The zero-order valence-electron chi connectivity index (χ0n) is 3.62. The molecule has 36 valence electrons. The Morgan fingerprint density at radius 1 is 1.17 bits per heavy atom. The van der Waals surface area contributed by atoms with Crippen molar-refractivity contribution >= 4 is 17.5 Å². The van der Waals surface area contributed by atoms with Gasteiger partial charge in [0.15, 0.2) is 0 Å². The lowest BCUT2D eigenvalue weighted by atomic mass is 10.6. The molecule has 2 unspecified atom stereocenters. The molecular formula is C3H9NP2. The van der Waals surface area contributed by atoms with E-state index < -0.39 is 0 Å². The molecular weight excluding hydrogens is 112 g/mol. The van der Waals surface area contributed by atoms with Crippen molar-refractivity contribution in [2.24, 2.45) is 0 Å². The maximum atomic E-state index is 3.34. The van der Waals surface area contributed by atoms with E-state index >= 15 is 0 Å². The summed E-state index contributed by atoms with van der Waals surface area (Å²) in [6, 6.07) is 0. The molecule has 1 fully saturated rings. The average Bonchev–Trinajstić information content (AvgIpc) is 1.72. The molecule has 1 N–H and O–H groups in total. The summed E-state index contributed by atoms with van der Waals surface area (Å²) in [6.07, 6.45) is 4.31. The second-order valence-electron chi connectivity index (χ2n) is 1.33. The van der Waals surface area contributed by atoms with Gasteiger partial charge in [0.2, 0.25) is 0 Å². The zero-order valence-corrected chi connectivity index (χ0v) is 5.62. The highest BCUT2D eigenvalue weighted by molar-refractivity contribution is 7.52. The molecule has 1 aliphatic heterocycles. The largest absolute Gasteiger partial charge is 0.279 e. The SMILES string of the molecule is C1CPNPC1. The van der Waals surface area contributed by atoms with Crippen LogP contribution in [0.15, 0.2) is 0 Å². The Bertz CT molecular complexity index is 24.3. The molecule has 2 atom stereocenters. The summed E-state index contributed by atoms with van der Waals surface area (Å²) in [5, 5.41) is 0. The molecule has 0 amide bonds. The van der Waals surface area contributed by atoms with Crippen LogP contribution in [0.4, 0.5) is 0 Å².